The topological polar surface area (TPSA) is 12.0 Å². The lowest BCUT2D eigenvalue weighted by atomic mass is 10.2. The molecule has 1 saturated heterocycles. The van der Waals surface area contributed by atoms with Crippen LogP contribution >= 0.6 is 11.9 Å². The van der Waals surface area contributed by atoms with Gasteiger partial charge in [0.25, 0.3) is 0 Å². The molecular weight excluding hydrogens is 151 g/mol. The normalized spacial score (nSPS) is 29.0. The number of hydrogen-bond acceptors (Lipinski definition) is 2. The van der Waals surface area contributed by atoms with E-state index in [9.17, 15) is 13.2 Å². The van der Waals surface area contributed by atoms with Gasteiger partial charge in [0.15, 0.2) is 0 Å². The molecule has 1 rings (SSSR count). The van der Waals surface area contributed by atoms with Crippen molar-refractivity contribution in [1.82, 2.24) is 4.72 Å². The van der Waals surface area contributed by atoms with Crippen LogP contribution in [0.2, 0.25) is 0 Å². The number of rotatable bonds is 0. The number of hydrogen-bond donors (Lipinski definition) is 1. The molecule has 0 aromatic carbocycles. The summed E-state index contributed by atoms with van der Waals surface area (Å²) in [5, 5.41) is 0. The molecule has 0 radical (unpaired) electrons. The van der Waals surface area contributed by atoms with Crippen LogP contribution in [0.15, 0.2) is 0 Å². The molecule has 54 valence electrons. The number of nitrogens with one attached hydrogen (secondary N) is 1. The van der Waals surface area contributed by atoms with E-state index in [1.165, 1.54) is 0 Å². The molecule has 1 aliphatic rings. The lowest BCUT2D eigenvalue weighted by molar-refractivity contribution is -0.164. The summed E-state index contributed by atoms with van der Waals surface area (Å²) in [6.45, 7) is 0.0637. The average molecular weight is 157 g/mol. The minimum atomic E-state index is -4.00. The van der Waals surface area contributed by atoms with Crippen LogP contribution in [-0.4, -0.2) is 18.5 Å². The van der Waals surface area contributed by atoms with Crippen LogP contribution < -0.4 is 4.72 Å². The maximum Gasteiger partial charge on any atom is 0.393 e. The Morgan fingerprint density at radius 1 is 1.44 bits per heavy atom. The Bertz CT molecular complexity index is 96.5. The van der Waals surface area contributed by atoms with Gasteiger partial charge in [0.05, 0.1) is 5.92 Å². The highest BCUT2D eigenvalue weighted by atomic mass is 32.2. The molecule has 1 atom stereocenters. The molecule has 1 fully saturated rings. The van der Waals surface area contributed by atoms with Crippen LogP contribution in [0.3, 0.4) is 0 Å². The Morgan fingerprint density at radius 3 is 2.33 bits per heavy atom. The SMILES string of the molecule is FC(F)(F)C1CNSC1. The predicted molar refractivity (Wildman–Crippen MR) is 30.0 cm³/mol. The lowest BCUT2D eigenvalue weighted by Crippen LogP contribution is -2.26. The number of halogens is 3. The quantitative estimate of drug-likeness (QED) is 0.533. The Labute approximate surface area is 55.1 Å². The van der Waals surface area contributed by atoms with Gasteiger partial charge in [-0.15, -0.1) is 0 Å². The van der Waals surface area contributed by atoms with Gasteiger partial charge in [-0.3, -0.25) is 4.72 Å². The third kappa shape index (κ3) is 1.76. The summed E-state index contributed by atoms with van der Waals surface area (Å²) in [6, 6.07) is 0. The van der Waals surface area contributed by atoms with Crippen LogP contribution in [-0.2, 0) is 0 Å². The molecular formula is C4H6F3NS. The monoisotopic (exact) mass is 157 g/mol. The molecule has 5 heteroatoms. The van der Waals surface area contributed by atoms with E-state index in [0.29, 0.717) is 0 Å². The predicted octanol–water partition coefficient (Wildman–Crippen LogP) is 1.42. The van der Waals surface area contributed by atoms with E-state index in [-0.39, 0.29) is 12.3 Å². The summed E-state index contributed by atoms with van der Waals surface area (Å²) in [5.41, 5.74) is 0. The first-order valence-corrected chi connectivity index (χ1v) is 3.50. The van der Waals surface area contributed by atoms with Crippen molar-refractivity contribution in [2.24, 2.45) is 5.92 Å². The van der Waals surface area contributed by atoms with Crippen molar-refractivity contribution in [3.05, 3.63) is 0 Å². The highest BCUT2D eigenvalue weighted by Gasteiger charge is 2.41. The summed E-state index contributed by atoms with van der Waals surface area (Å²) in [5.74, 6) is -0.980. The zero-order valence-corrected chi connectivity index (χ0v) is 5.35. The van der Waals surface area contributed by atoms with Crippen LogP contribution in [0, 0.1) is 5.92 Å². The Morgan fingerprint density at radius 2 is 2.11 bits per heavy atom. The Balaban J connectivity index is 2.42. The summed E-state index contributed by atoms with van der Waals surface area (Å²) in [7, 11) is 0. The van der Waals surface area contributed by atoms with Crippen molar-refractivity contribution < 1.29 is 13.2 Å². The molecule has 1 aliphatic heterocycles. The fraction of sp³-hybridized carbons (Fsp3) is 1.00. The second-order valence-electron chi connectivity index (χ2n) is 1.90. The standard InChI is InChI=1S/C4H6F3NS/c5-4(6,7)3-1-8-9-2-3/h3,8H,1-2H2. The van der Waals surface area contributed by atoms with E-state index >= 15 is 0 Å². The fourth-order valence-corrected chi connectivity index (χ4v) is 1.53. The van der Waals surface area contributed by atoms with Crippen LogP contribution in [0.1, 0.15) is 0 Å². The average Bonchev–Trinajstić information content (AvgIpc) is 2.08. The third-order valence-electron chi connectivity index (χ3n) is 1.18. The maximum atomic E-state index is 11.7. The lowest BCUT2D eigenvalue weighted by Gasteiger charge is -2.10. The molecule has 0 amide bonds. The highest BCUT2D eigenvalue weighted by molar-refractivity contribution is 7.97. The van der Waals surface area contributed by atoms with Crippen molar-refractivity contribution in [3.8, 4) is 0 Å². The van der Waals surface area contributed by atoms with Gasteiger partial charge < -0.3 is 0 Å². The fourth-order valence-electron chi connectivity index (χ4n) is 0.588. The van der Waals surface area contributed by atoms with Crippen LogP contribution in [0.5, 0.6) is 0 Å². The van der Waals surface area contributed by atoms with Crippen molar-refractivity contribution in [3.63, 3.8) is 0 Å². The highest BCUT2D eigenvalue weighted by Crippen LogP contribution is 2.31. The van der Waals surface area contributed by atoms with Gasteiger partial charge in [-0.1, -0.05) is 11.9 Å². The molecule has 1 unspecified atom stereocenters. The molecule has 0 aromatic rings. The van der Waals surface area contributed by atoms with Gasteiger partial charge in [0, 0.05) is 12.3 Å². The van der Waals surface area contributed by atoms with E-state index in [1.54, 1.807) is 0 Å². The molecule has 0 spiro atoms. The zero-order chi connectivity index (χ0) is 6.91. The first-order chi connectivity index (χ1) is 4.11. The Hall–Kier alpha value is 0.100. The van der Waals surface area contributed by atoms with E-state index in [2.05, 4.69) is 4.72 Å². The van der Waals surface area contributed by atoms with E-state index in [0.717, 1.165) is 11.9 Å². The van der Waals surface area contributed by atoms with Gasteiger partial charge in [-0.05, 0) is 0 Å². The summed E-state index contributed by atoms with van der Waals surface area (Å²) in [4.78, 5) is 0. The Kier molecular flexibility index (Phi) is 1.91. The van der Waals surface area contributed by atoms with Crippen LogP contribution in [0.25, 0.3) is 0 Å². The van der Waals surface area contributed by atoms with E-state index in [1.807, 2.05) is 0 Å². The molecule has 1 N–H and O–H groups in total. The van der Waals surface area contributed by atoms with E-state index in [4.69, 9.17) is 0 Å². The molecule has 0 aromatic heterocycles. The maximum absolute atomic E-state index is 11.7. The van der Waals surface area contributed by atoms with Crippen molar-refractivity contribution >= 4 is 11.9 Å². The molecule has 0 bridgehead atoms. The summed E-state index contributed by atoms with van der Waals surface area (Å²) >= 11 is 1.14. The molecule has 0 saturated carbocycles. The van der Waals surface area contributed by atoms with Gasteiger partial charge in [0.2, 0.25) is 0 Å². The van der Waals surface area contributed by atoms with E-state index < -0.39 is 12.1 Å². The summed E-state index contributed by atoms with van der Waals surface area (Å²) in [6.07, 6.45) is -4.00. The number of alkyl halides is 3. The third-order valence-corrected chi connectivity index (χ3v) is 2.12. The smallest absolute Gasteiger partial charge is 0.263 e. The second kappa shape index (κ2) is 2.38. The first-order valence-electron chi connectivity index (χ1n) is 2.52. The molecule has 1 nitrogen and oxygen atoms in total. The summed E-state index contributed by atoms with van der Waals surface area (Å²) < 4.78 is 37.7. The zero-order valence-electron chi connectivity index (χ0n) is 4.53. The largest absolute Gasteiger partial charge is 0.393 e. The van der Waals surface area contributed by atoms with Crippen molar-refractivity contribution in [1.29, 1.82) is 0 Å². The minimum absolute atomic E-state index is 0.0637. The van der Waals surface area contributed by atoms with Gasteiger partial charge in [-0.2, -0.15) is 13.2 Å². The van der Waals surface area contributed by atoms with Crippen molar-refractivity contribution in [2.75, 3.05) is 12.3 Å². The molecule has 0 aliphatic carbocycles. The van der Waals surface area contributed by atoms with Gasteiger partial charge >= 0.3 is 6.18 Å². The van der Waals surface area contributed by atoms with Crippen molar-refractivity contribution in [2.45, 2.75) is 6.18 Å². The minimum Gasteiger partial charge on any atom is -0.263 e. The first kappa shape index (κ1) is 7.21. The molecule has 9 heavy (non-hydrogen) atoms. The van der Waals surface area contributed by atoms with Gasteiger partial charge in [0.1, 0.15) is 0 Å². The molecule has 1 heterocycles. The van der Waals surface area contributed by atoms with Gasteiger partial charge in [-0.25, -0.2) is 0 Å². The second-order valence-corrected chi connectivity index (χ2v) is 2.81. The van der Waals surface area contributed by atoms with Crippen LogP contribution in [0.4, 0.5) is 13.2 Å².